The van der Waals surface area contributed by atoms with Gasteiger partial charge in [-0.3, -0.25) is 14.0 Å². The summed E-state index contributed by atoms with van der Waals surface area (Å²) in [5, 5.41) is 3.08. The first kappa shape index (κ1) is 17.1. The Morgan fingerprint density at radius 3 is 2.58 bits per heavy atom. The van der Waals surface area contributed by atoms with Crippen molar-refractivity contribution in [3.05, 3.63) is 35.9 Å². The zero-order valence-corrected chi connectivity index (χ0v) is 15.3. The van der Waals surface area contributed by atoms with E-state index in [-0.39, 0.29) is 17.9 Å². The van der Waals surface area contributed by atoms with E-state index in [0.29, 0.717) is 23.0 Å². The standard InChI is InChI=1S/C20H26N4O2/c1-14-9-12-23(13-10-14)20(26)17-16-8-4-5-11-24(16)18(22-17)19(25)21-15-6-2-3-7-15/h4-5,8,11,14-15H,2-3,6-7,9-10,12-13H2,1H3,(H,21,25). The first-order valence-corrected chi connectivity index (χ1v) is 9.70. The van der Waals surface area contributed by atoms with Crippen LogP contribution in [0.4, 0.5) is 0 Å². The van der Waals surface area contributed by atoms with Crippen LogP contribution in [0.25, 0.3) is 5.52 Å². The van der Waals surface area contributed by atoms with Crippen LogP contribution in [0.5, 0.6) is 0 Å². The van der Waals surface area contributed by atoms with Crippen LogP contribution in [0, 0.1) is 5.92 Å². The van der Waals surface area contributed by atoms with E-state index < -0.39 is 0 Å². The van der Waals surface area contributed by atoms with Gasteiger partial charge in [0.25, 0.3) is 11.8 Å². The summed E-state index contributed by atoms with van der Waals surface area (Å²) in [5.41, 5.74) is 1.09. The van der Waals surface area contributed by atoms with Crippen LogP contribution in [0.15, 0.2) is 24.4 Å². The molecule has 0 bridgehead atoms. The maximum absolute atomic E-state index is 13.0. The number of aromatic nitrogens is 2. The summed E-state index contributed by atoms with van der Waals surface area (Å²) in [4.78, 5) is 32.1. The van der Waals surface area contributed by atoms with Gasteiger partial charge in [-0.1, -0.05) is 25.8 Å². The lowest BCUT2D eigenvalue weighted by Crippen LogP contribution is -2.38. The van der Waals surface area contributed by atoms with Crippen LogP contribution >= 0.6 is 0 Å². The third-order valence-electron chi connectivity index (χ3n) is 5.72. The zero-order valence-electron chi connectivity index (χ0n) is 15.3. The fraction of sp³-hybridized carbons (Fsp3) is 0.550. The largest absolute Gasteiger partial charge is 0.347 e. The minimum atomic E-state index is -0.190. The molecule has 2 aromatic rings. The third-order valence-corrected chi connectivity index (χ3v) is 5.72. The van der Waals surface area contributed by atoms with Gasteiger partial charge in [-0.15, -0.1) is 0 Å². The van der Waals surface area contributed by atoms with Crippen molar-refractivity contribution < 1.29 is 9.59 Å². The highest BCUT2D eigenvalue weighted by Crippen LogP contribution is 2.22. The van der Waals surface area contributed by atoms with Crippen molar-refractivity contribution in [1.82, 2.24) is 19.6 Å². The summed E-state index contributed by atoms with van der Waals surface area (Å²) in [7, 11) is 0. The van der Waals surface area contributed by atoms with E-state index >= 15 is 0 Å². The maximum atomic E-state index is 13.0. The van der Waals surface area contributed by atoms with E-state index in [1.54, 1.807) is 10.6 Å². The Labute approximate surface area is 153 Å². The summed E-state index contributed by atoms with van der Waals surface area (Å²) < 4.78 is 1.74. The number of carbonyl (C=O) groups excluding carboxylic acids is 2. The molecule has 26 heavy (non-hydrogen) atoms. The number of nitrogens with zero attached hydrogens (tertiary/aromatic N) is 3. The predicted molar refractivity (Wildman–Crippen MR) is 99.2 cm³/mol. The van der Waals surface area contributed by atoms with Crippen LogP contribution in [0.2, 0.25) is 0 Å². The fourth-order valence-electron chi connectivity index (χ4n) is 4.04. The van der Waals surface area contributed by atoms with E-state index in [9.17, 15) is 9.59 Å². The number of imidazole rings is 1. The minimum absolute atomic E-state index is 0.0690. The molecule has 1 saturated carbocycles. The summed E-state index contributed by atoms with van der Waals surface area (Å²) >= 11 is 0. The highest BCUT2D eigenvalue weighted by molar-refractivity contribution is 6.02. The number of carbonyl (C=O) groups is 2. The summed E-state index contributed by atoms with van der Waals surface area (Å²) in [6.45, 7) is 3.74. The number of hydrogen-bond donors (Lipinski definition) is 1. The molecule has 1 saturated heterocycles. The molecule has 1 aliphatic carbocycles. The Morgan fingerprint density at radius 1 is 1.12 bits per heavy atom. The van der Waals surface area contributed by atoms with Crippen molar-refractivity contribution in [2.75, 3.05) is 13.1 Å². The van der Waals surface area contributed by atoms with Crippen molar-refractivity contribution in [1.29, 1.82) is 0 Å². The highest BCUT2D eigenvalue weighted by Gasteiger charge is 2.28. The first-order valence-electron chi connectivity index (χ1n) is 9.70. The van der Waals surface area contributed by atoms with E-state index in [0.717, 1.165) is 51.6 Å². The van der Waals surface area contributed by atoms with Crippen molar-refractivity contribution in [2.45, 2.75) is 51.5 Å². The van der Waals surface area contributed by atoms with Crippen LogP contribution in [-0.2, 0) is 0 Å². The smallest absolute Gasteiger partial charge is 0.287 e. The fourth-order valence-corrected chi connectivity index (χ4v) is 4.04. The molecular formula is C20H26N4O2. The van der Waals surface area contributed by atoms with Crippen molar-refractivity contribution >= 4 is 17.3 Å². The second-order valence-electron chi connectivity index (χ2n) is 7.67. The van der Waals surface area contributed by atoms with Gasteiger partial charge in [0.2, 0.25) is 5.82 Å². The number of piperidine rings is 1. The molecule has 1 aliphatic heterocycles. The van der Waals surface area contributed by atoms with Gasteiger partial charge in [0.15, 0.2) is 5.69 Å². The van der Waals surface area contributed by atoms with Gasteiger partial charge >= 0.3 is 0 Å². The number of fused-ring (bicyclic) bond motifs is 1. The topological polar surface area (TPSA) is 66.7 Å². The predicted octanol–water partition coefficient (Wildman–Crippen LogP) is 2.88. The number of nitrogens with one attached hydrogen (secondary N) is 1. The normalized spacial score (nSPS) is 19.2. The average molecular weight is 354 g/mol. The lowest BCUT2D eigenvalue weighted by Gasteiger charge is -2.29. The molecule has 0 spiro atoms. The molecule has 3 heterocycles. The second kappa shape index (κ2) is 7.09. The van der Waals surface area contributed by atoms with Crippen LogP contribution in [0.1, 0.15) is 66.6 Å². The summed E-state index contributed by atoms with van der Waals surface area (Å²) in [5.74, 6) is 0.705. The molecule has 6 heteroatoms. The molecule has 2 aromatic heterocycles. The lowest BCUT2D eigenvalue weighted by molar-refractivity contribution is 0.0694. The zero-order chi connectivity index (χ0) is 18.1. The first-order chi connectivity index (χ1) is 12.6. The molecule has 0 aromatic carbocycles. The molecule has 4 rings (SSSR count). The molecule has 2 aliphatic rings. The van der Waals surface area contributed by atoms with Crippen molar-refractivity contribution in [3.63, 3.8) is 0 Å². The van der Waals surface area contributed by atoms with Gasteiger partial charge in [0.05, 0.1) is 5.52 Å². The Morgan fingerprint density at radius 2 is 1.85 bits per heavy atom. The average Bonchev–Trinajstić information content (AvgIpc) is 3.29. The number of hydrogen-bond acceptors (Lipinski definition) is 3. The molecule has 2 fully saturated rings. The monoisotopic (exact) mass is 354 g/mol. The Hall–Kier alpha value is -2.37. The molecule has 0 atom stereocenters. The van der Waals surface area contributed by atoms with Crippen LogP contribution < -0.4 is 5.32 Å². The summed E-state index contributed by atoms with van der Waals surface area (Å²) in [6.07, 6.45) is 8.20. The Kier molecular flexibility index (Phi) is 4.66. The van der Waals surface area contributed by atoms with Crippen LogP contribution in [-0.4, -0.2) is 45.2 Å². The van der Waals surface area contributed by atoms with Crippen molar-refractivity contribution in [3.8, 4) is 0 Å². The molecule has 138 valence electrons. The van der Waals surface area contributed by atoms with E-state index in [4.69, 9.17) is 0 Å². The lowest BCUT2D eigenvalue weighted by atomic mass is 9.99. The van der Waals surface area contributed by atoms with Gasteiger partial charge < -0.3 is 10.2 Å². The number of rotatable bonds is 3. The van der Waals surface area contributed by atoms with Crippen molar-refractivity contribution in [2.24, 2.45) is 5.92 Å². The Balaban J connectivity index is 1.63. The SMILES string of the molecule is CC1CCN(C(=O)c2nc(C(=O)NC3CCCC3)n3ccccc23)CC1. The summed E-state index contributed by atoms with van der Waals surface area (Å²) in [6, 6.07) is 5.82. The van der Waals surface area contributed by atoms with Crippen LogP contribution in [0.3, 0.4) is 0 Å². The highest BCUT2D eigenvalue weighted by atomic mass is 16.2. The second-order valence-corrected chi connectivity index (χ2v) is 7.67. The van der Waals surface area contributed by atoms with Gasteiger partial charge in [-0.25, -0.2) is 4.98 Å². The van der Waals surface area contributed by atoms with E-state index in [2.05, 4.69) is 17.2 Å². The maximum Gasteiger partial charge on any atom is 0.287 e. The molecule has 1 N–H and O–H groups in total. The molecular weight excluding hydrogens is 328 g/mol. The minimum Gasteiger partial charge on any atom is -0.347 e. The number of amides is 2. The van der Waals surface area contributed by atoms with Gasteiger partial charge in [-0.2, -0.15) is 0 Å². The molecule has 0 unspecified atom stereocenters. The molecule has 2 amide bonds. The van der Waals surface area contributed by atoms with Gasteiger partial charge in [-0.05, 0) is 43.7 Å². The molecule has 6 nitrogen and oxygen atoms in total. The van der Waals surface area contributed by atoms with Gasteiger partial charge in [0, 0.05) is 25.3 Å². The number of likely N-dealkylation sites (tertiary alicyclic amines) is 1. The van der Waals surface area contributed by atoms with E-state index in [1.807, 2.05) is 23.1 Å². The quantitative estimate of drug-likeness (QED) is 0.922. The van der Waals surface area contributed by atoms with E-state index in [1.165, 1.54) is 0 Å². The molecule has 0 radical (unpaired) electrons. The number of pyridine rings is 1. The third kappa shape index (κ3) is 3.20. The Bertz CT molecular complexity index is 814. The van der Waals surface area contributed by atoms with Gasteiger partial charge in [0.1, 0.15) is 0 Å².